The summed E-state index contributed by atoms with van der Waals surface area (Å²) in [4.78, 5) is 26.9. The quantitative estimate of drug-likeness (QED) is 0.429. The Morgan fingerprint density at radius 3 is 2.29 bits per heavy atom. The predicted octanol–water partition coefficient (Wildman–Crippen LogP) is 4.10. The number of amides is 2. The van der Waals surface area contributed by atoms with Crippen LogP contribution >= 0.6 is 24.2 Å². The summed E-state index contributed by atoms with van der Waals surface area (Å²) in [6.45, 7) is 3.72. The van der Waals surface area contributed by atoms with Crippen LogP contribution in [0.5, 0.6) is 0 Å². The van der Waals surface area contributed by atoms with E-state index in [0.717, 1.165) is 44.0 Å². The van der Waals surface area contributed by atoms with E-state index in [-0.39, 0.29) is 36.3 Å². The molecule has 0 aromatic heterocycles. The van der Waals surface area contributed by atoms with E-state index in [1.165, 1.54) is 57.8 Å². The minimum Gasteiger partial charge on any atom is -0.354 e. The third-order valence-electron chi connectivity index (χ3n) is 5.68. The Hall–Kier alpha value is -0.460. The van der Waals surface area contributed by atoms with Crippen LogP contribution in [-0.2, 0) is 9.59 Å². The molecule has 0 saturated carbocycles. The molecule has 7 heteroatoms. The third kappa shape index (κ3) is 8.91. The van der Waals surface area contributed by atoms with Crippen molar-refractivity contribution in [1.29, 1.82) is 0 Å². The van der Waals surface area contributed by atoms with Crippen LogP contribution in [0.3, 0.4) is 0 Å². The van der Waals surface area contributed by atoms with Gasteiger partial charge in [0.25, 0.3) is 0 Å². The molecule has 0 radical (unpaired) electrons. The Kier molecular flexibility index (Phi) is 14.1. The lowest BCUT2D eigenvalue weighted by Crippen LogP contribution is -2.51. The number of halogens is 1. The summed E-state index contributed by atoms with van der Waals surface area (Å²) in [6.07, 6.45) is 14.7. The first kappa shape index (κ1) is 25.6. The average molecular weight is 434 g/mol. The van der Waals surface area contributed by atoms with Gasteiger partial charge in [-0.3, -0.25) is 14.9 Å². The van der Waals surface area contributed by atoms with Gasteiger partial charge >= 0.3 is 0 Å². The van der Waals surface area contributed by atoms with Crippen molar-refractivity contribution < 1.29 is 9.59 Å². The molecule has 0 spiro atoms. The monoisotopic (exact) mass is 433 g/mol. The number of unbranched alkanes of at least 4 members (excludes halogenated alkanes) is 9. The normalized spacial score (nSPS) is 21.5. The molecule has 2 heterocycles. The second-order valence-corrected chi connectivity index (χ2v) is 8.96. The molecule has 28 heavy (non-hydrogen) atoms. The third-order valence-corrected chi connectivity index (χ3v) is 6.62. The summed E-state index contributed by atoms with van der Waals surface area (Å²) in [6, 6.07) is -0.363. The Bertz CT molecular complexity index is 447. The first-order chi connectivity index (χ1) is 13.2. The van der Waals surface area contributed by atoms with Crippen molar-refractivity contribution in [2.24, 2.45) is 0 Å². The maximum absolute atomic E-state index is 12.6. The van der Waals surface area contributed by atoms with E-state index in [4.69, 9.17) is 0 Å². The second kappa shape index (κ2) is 15.4. The number of nitrogens with zero attached hydrogens (tertiary/aromatic N) is 1. The highest BCUT2D eigenvalue weighted by atomic mass is 35.5. The number of hydrogen-bond donors (Lipinski definition) is 2. The fraction of sp³-hybridized carbons (Fsp3) is 0.905. The molecule has 2 rings (SSSR count). The van der Waals surface area contributed by atoms with E-state index in [2.05, 4.69) is 17.6 Å². The average Bonchev–Trinajstić information content (AvgIpc) is 3.37. The zero-order valence-corrected chi connectivity index (χ0v) is 19.2. The number of carbonyl (C=O) groups is 2. The molecule has 5 nitrogen and oxygen atoms in total. The van der Waals surface area contributed by atoms with Gasteiger partial charge in [-0.2, -0.15) is 0 Å². The van der Waals surface area contributed by atoms with Crippen LogP contribution in [0.4, 0.5) is 0 Å². The number of likely N-dealkylation sites (tertiary alicyclic amines) is 1. The number of nitrogens with one attached hydrogen (secondary N) is 2. The lowest BCUT2D eigenvalue weighted by molar-refractivity contribution is -0.139. The Balaban J connectivity index is 0.00000392. The lowest BCUT2D eigenvalue weighted by Gasteiger charge is -2.26. The fourth-order valence-electron chi connectivity index (χ4n) is 4.00. The van der Waals surface area contributed by atoms with E-state index in [1.54, 1.807) is 16.7 Å². The van der Waals surface area contributed by atoms with E-state index in [0.29, 0.717) is 0 Å². The fourth-order valence-corrected chi connectivity index (χ4v) is 4.93. The van der Waals surface area contributed by atoms with Gasteiger partial charge in [0.05, 0.1) is 6.04 Å². The van der Waals surface area contributed by atoms with Crippen LogP contribution in [0, 0.1) is 0 Å². The minimum absolute atomic E-state index is 0. The van der Waals surface area contributed by atoms with Gasteiger partial charge in [-0.25, -0.2) is 0 Å². The van der Waals surface area contributed by atoms with Gasteiger partial charge in [0.1, 0.15) is 6.04 Å². The Labute approximate surface area is 181 Å². The minimum atomic E-state index is -0.256. The lowest BCUT2D eigenvalue weighted by atomic mass is 10.1. The molecule has 164 valence electrons. The van der Waals surface area contributed by atoms with Crippen molar-refractivity contribution in [1.82, 2.24) is 15.5 Å². The predicted molar refractivity (Wildman–Crippen MR) is 121 cm³/mol. The summed E-state index contributed by atoms with van der Waals surface area (Å²) < 4.78 is 0. The highest BCUT2D eigenvalue weighted by Gasteiger charge is 2.37. The molecule has 2 amide bonds. The van der Waals surface area contributed by atoms with Gasteiger partial charge < -0.3 is 10.2 Å². The molecular formula is C21H40ClN3O2S. The summed E-state index contributed by atoms with van der Waals surface area (Å²) in [5.74, 6) is 1.81. The summed E-state index contributed by atoms with van der Waals surface area (Å²) in [5, 5.41) is 6.29. The van der Waals surface area contributed by atoms with Crippen LogP contribution in [0.25, 0.3) is 0 Å². The van der Waals surface area contributed by atoms with E-state index in [1.807, 2.05) is 0 Å². The SMILES string of the molecule is CCCCCCCCCCCCNC(=O)C1CCCN1C(=O)C1CSCN1.Cl. The van der Waals surface area contributed by atoms with Gasteiger partial charge in [-0.05, 0) is 19.3 Å². The van der Waals surface area contributed by atoms with Crippen LogP contribution in [0.15, 0.2) is 0 Å². The highest BCUT2D eigenvalue weighted by molar-refractivity contribution is 7.99. The molecule has 2 fully saturated rings. The molecule has 2 saturated heterocycles. The number of rotatable bonds is 13. The highest BCUT2D eigenvalue weighted by Crippen LogP contribution is 2.21. The zero-order chi connectivity index (χ0) is 19.3. The number of carbonyl (C=O) groups excluding carboxylic acids is 2. The standard InChI is InChI=1S/C21H39N3O2S.ClH/c1-2-3-4-5-6-7-8-9-10-11-14-22-20(25)19-13-12-15-24(19)21(26)18-16-27-17-23-18;/h18-19,23H,2-17H2,1H3,(H,22,25);1H. The largest absolute Gasteiger partial charge is 0.354 e. The maximum atomic E-state index is 12.6. The van der Waals surface area contributed by atoms with Crippen LogP contribution in [0.1, 0.15) is 84.0 Å². The Morgan fingerprint density at radius 2 is 1.68 bits per heavy atom. The van der Waals surface area contributed by atoms with Crippen LogP contribution < -0.4 is 10.6 Å². The topological polar surface area (TPSA) is 61.4 Å². The van der Waals surface area contributed by atoms with Crippen LogP contribution in [-0.4, -0.2) is 53.5 Å². The molecule has 0 aromatic rings. The first-order valence-electron chi connectivity index (χ1n) is 11.1. The van der Waals surface area contributed by atoms with Crippen molar-refractivity contribution in [2.75, 3.05) is 24.7 Å². The summed E-state index contributed by atoms with van der Waals surface area (Å²) in [7, 11) is 0. The van der Waals surface area contributed by atoms with Gasteiger partial charge in [0, 0.05) is 24.7 Å². The summed E-state index contributed by atoms with van der Waals surface area (Å²) >= 11 is 1.75. The van der Waals surface area contributed by atoms with Crippen molar-refractivity contribution in [3.8, 4) is 0 Å². The molecule has 2 aliphatic rings. The van der Waals surface area contributed by atoms with Crippen molar-refractivity contribution in [3.63, 3.8) is 0 Å². The maximum Gasteiger partial charge on any atom is 0.242 e. The smallest absolute Gasteiger partial charge is 0.242 e. The van der Waals surface area contributed by atoms with E-state index >= 15 is 0 Å². The molecule has 0 bridgehead atoms. The number of thioether (sulfide) groups is 1. The molecule has 2 aliphatic heterocycles. The van der Waals surface area contributed by atoms with Crippen molar-refractivity contribution in [2.45, 2.75) is 96.1 Å². The molecule has 0 aromatic carbocycles. The second-order valence-electron chi connectivity index (χ2n) is 7.93. The first-order valence-corrected chi connectivity index (χ1v) is 12.3. The Morgan fingerprint density at radius 1 is 1.04 bits per heavy atom. The molecule has 2 unspecified atom stereocenters. The van der Waals surface area contributed by atoms with Crippen molar-refractivity contribution >= 4 is 36.0 Å². The number of hydrogen-bond acceptors (Lipinski definition) is 4. The van der Waals surface area contributed by atoms with E-state index in [9.17, 15) is 9.59 Å². The molecular weight excluding hydrogens is 394 g/mol. The van der Waals surface area contributed by atoms with E-state index < -0.39 is 0 Å². The van der Waals surface area contributed by atoms with Gasteiger partial charge in [-0.15, -0.1) is 24.2 Å². The molecule has 0 aliphatic carbocycles. The van der Waals surface area contributed by atoms with Gasteiger partial charge in [0.2, 0.25) is 11.8 Å². The van der Waals surface area contributed by atoms with Gasteiger partial charge in [0.15, 0.2) is 0 Å². The van der Waals surface area contributed by atoms with Crippen molar-refractivity contribution in [3.05, 3.63) is 0 Å². The van der Waals surface area contributed by atoms with Crippen LogP contribution in [0.2, 0.25) is 0 Å². The van der Waals surface area contributed by atoms with Gasteiger partial charge in [-0.1, -0.05) is 64.7 Å². The molecule has 2 N–H and O–H groups in total. The molecule has 2 atom stereocenters. The summed E-state index contributed by atoms with van der Waals surface area (Å²) in [5.41, 5.74) is 0. The zero-order valence-electron chi connectivity index (χ0n) is 17.5.